The lowest BCUT2D eigenvalue weighted by atomic mass is 9.96. The van der Waals surface area contributed by atoms with Crippen LogP contribution >= 0.6 is 11.3 Å². The van der Waals surface area contributed by atoms with Crippen LogP contribution in [0.15, 0.2) is 18.2 Å². The van der Waals surface area contributed by atoms with Gasteiger partial charge in [-0.2, -0.15) is 5.26 Å². The summed E-state index contributed by atoms with van der Waals surface area (Å²) in [6, 6.07) is 6.08. The van der Waals surface area contributed by atoms with E-state index in [0.717, 1.165) is 36.1 Å². The molecule has 0 fully saturated rings. The van der Waals surface area contributed by atoms with Gasteiger partial charge in [0.1, 0.15) is 23.4 Å². The first kappa shape index (κ1) is 18.9. The highest BCUT2D eigenvalue weighted by Gasteiger charge is 2.30. The average Bonchev–Trinajstić information content (AvgIpc) is 3.06. The van der Waals surface area contributed by atoms with Crippen LogP contribution in [0.3, 0.4) is 0 Å². The Hall–Kier alpha value is -3.45. The van der Waals surface area contributed by atoms with E-state index in [1.807, 2.05) is 0 Å². The Morgan fingerprint density at radius 1 is 1.38 bits per heavy atom. The molecule has 0 unspecified atom stereocenters. The molecule has 0 atom stereocenters. The molecule has 0 radical (unpaired) electrons. The van der Waals surface area contributed by atoms with E-state index in [0.29, 0.717) is 16.3 Å². The van der Waals surface area contributed by atoms with E-state index in [1.165, 1.54) is 34.4 Å². The maximum Gasteiger partial charge on any atom is 0.271 e. The van der Waals surface area contributed by atoms with Gasteiger partial charge in [0.2, 0.25) is 5.91 Å². The number of nitro groups is 1. The molecular formula is C19H16N4O5S. The van der Waals surface area contributed by atoms with Crippen molar-refractivity contribution in [2.24, 2.45) is 0 Å². The molecule has 0 saturated carbocycles. The van der Waals surface area contributed by atoms with Gasteiger partial charge in [0.15, 0.2) is 6.61 Å². The minimum atomic E-state index is -0.576. The molecule has 1 aliphatic carbocycles. The Balaban J connectivity index is 1.57. The van der Waals surface area contributed by atoms with Crippen molar-refractivity contribution < 1.29 is 19.2 Å². The molecule has 10 heteroatoms. The predicted octanol–water partition coefficient (Wildman–Crippen LogP) is 2.77. The summed E-state index contributed by atoms with van der Waals surface area (Å²) in [5, 5.41) is 23.8. The van der Waals surface area contributed by atoms with E-state index in [4.69, 9.17) is 4.74 Å². The van der Waals surface area contributed by atoms with Crippen molar-refractivity contribution in [2.45, 2.75) is 25.7 Å². The predicted molar refractivity (Wildman–Crippen MR) is 105 cm³/mol. The van der Waals surface area contributed by atoms with Crippen LogP contribution < -0.4 is 15.0 Å². The van der Waals surface area contributed by atoms with Crippen LogP contribution in [-0.4, -0.2) is 29.9 Å². The van der Waals surface area contributed by atoms with Gasteiger partial charge < -0.3 is 10.1 Å². The number of nitriles is 1. The molecule has 0 bridgehead atoms. The number of anilines is 2. The molecule has 0 saturated heterocycles. The van der Waals surface area contributed by atoms with Crippen LogP contribution in [0.4, 0.5) is 16.4 Å². The maximum atomic E-state index is 12.7. The van der Waals surface area contributed by atoms with Gasteiger partial charge in [-0.1, -0.05) is 0 Å². The van der Waals surface area contributed by atoms with E-state index < -0.39 is 16.7 Å². The van der Waals surface area contributed by atoms with Gasteiger partial charge in [-0.25, -0.2) is 0 Å². The molecule has 9 nitrogen and oxygen atoms in total. The van der Waals surface area contributed by atoms with Gasteiger partial charge in [-0.05, 0) is 37.3 Å². The molecule has 148 valence electrons. The van der Waals surface area contributed by atoms with Gasteiger partial charge in [0.05, 0.1) is 16.2 Å². The number of nitro benzene ring substituents is 1. The molecule has 1 aromatic carbocycles. The van der Waals surface area contributed by atoms with E-state index in [2.05, 4.69) is 11.4 Å². The Kier molecular flexibility index (Phi) is 4.90. The monoisotopic (exact) mass is 412 g/mol. The fraction of sp³-hybridized carbons (Fsp3) is 0.316. The second kappa shape index (κ2) is 7.52. The van der Waals surface area contributed by atoms with Gasteiger partial charge in [0, 0.05) is 17.0 Å². The molecule has 2 aromatic rings. The number of nitrogens with zero attached hydrogens (tertiary/aromatic N) is 3. The minimum Gasteiger partial charge on any atom is -0.482 e. The average molecular weight is 412 g/mol. The van der Waals surface area contributed by atoms with Crippen LogP contribution in [0.1, 0.15) is 28.8 Å². The highest BCUT2D eigenvalue weighted by Crippen LogP contribution is 2.38. The second-order valence-electron chi connectivity index (χ2n) is 6.75. The fourth-order valence-corrected chi connectivity index (χ4v) is 4.82. The van der Waals surface area contributed by atoms with Crippen LogP contribution in [0.25, 0.3) is 0 Å². The van der Waals surface area contributed by atoms with Crippen molar-refractivity contribution in [1.29, 1.82) is 5.26 Å². The number of carbonyl (C=O) groups is 2. The summed E-state index contributed by atoms with van der Waals surface area (Å²) in [5.74, 6) is -0.653. The van der Waals surface area contributed by atoms with E-state index in [9.17, 15) is 25.0 Å². The molecule has 1 aliphatic heterocycles. The molecule has 2 heterocycles. The Morgan fingerprint density at radius 2 is 2.17 bits per heavy atom. The number of amides is 2. The van der Waals surface area contributed by atoms with Gasteiger partial charge >= 0.3 is 0 Å². The zero-order valence-corrected chi connectivity index (χ0v) is 16.1. The quantitative estimate of drug-likeness (QED) is 0.608. The number of carbonyl (C=O) groups excluding carboxylic acids is 2. The molecule has 1 aromatic heterocycles. The van der Waals surface area contributed by atoms with Crippen LogP contribution in [0, 0.1) is 21.4 Å². The summed E-state index contributed by atoms with van der Waals surface area (Å²) >= 11 is 1.40. The Bertz CT molecular complexity index is 1070. The molecule has 2 amide bonds. The van der Waals surface area contributed by atoms with Gasteiger partial charge in [-0.15, -0.1) is 11.3 Å². The molecule has 29 heavy (non-hydrogen) atoms. The first-order valence-corrected chi connectivity index (χ1v) is 9.85. The number of fused-ring (bicyclic) bond motifs is 2. The largest absolute Gasteiger partial charge is 0.482 e. The van der Waals surface area contributed by atoms with E-state index in [-0.39, 0.29) is 24.5 Å². The third-order valence-electron chi connectivity index (χ3n) is 4.93. The highest BCUT2D eigenvalue weighted by atomic mass is 32.1. The van der Waals surface area contributed by atoms with Crippen molar-refractivity contribution in [3.05, 3.63) is 44.3 Å². The smallest absolute Gasteiger partial charge is 0.271 e. The SMILES string of the molecule is N#Cc1c(NC(=O)CN2C(=O)COc3ccc([N+](=O)[O-])cc32)sc2c1CCCC2. The fourth-order valence-electron chi connectivity index (χ4n) is 3.56. The standard InChI is InChI=1S/C19H16N4O5S/c20-8-13-12-3-1-2-4-16(12)29-19(13)21-17(24)9-22-14-7-11(23(26)27)5-6-15(14)28-10-18(22)25/h5-7H,1-4,9-10H2,(H,21,24). The lowest BCUT2D eigenvalue weighted by molar-refractivity contribution is -0.384. The third-order valence-corrected chi connectivity index (χ3v) is 6.14. The van der Waals surface area contributed by atoms with Crippen LogP contribution in [0.5, 0.6) is 5.75 Å². The van der Waals surface area contributed by atoms with Gasteiger partial charge in [-0.3, -0.25) is 24.6 Å². The first-order valence-electron chi connectivity index (χ1n) is 9.04. The third kappa shape index (κ3) is 3.52. The van der Waals surface area contributed by atoms with Crippen molar-refractivity contribution >= 4 is 39.5 Å². The zero-order chi connectivity index (χ0) is 20.5. The number of hydrogen-bond acceptors (Lipinski definition) is 7. The Labute approximate surface area is 169 Å². The maximum absolute atomic E-state index is 12.7. The lowest BCUT2D eigenvalue weighted by Gasteiger charge is -2.28. The summed E-state index contributed by atoms with van der Waals surface area (Å²) < 4.78 is 5.31. The number of non-ortho nitro benzene ring substituents is 1. The van der Waals surface area contributed by atoms with E-state index >= 15 is 0 Å². The zero-order valence-electron chi connectivity index (χ0n) is 15.3. The van der Waals surface area contributed by atoms with Crippen molar-refractivity contribution in [3.63, 3.8) is 0 Å². The van der Waals surface area contributed by atoms with Crippen LogP contribution in [0.2, 0.25) is 0 Å². The normalized spacial score (nSPS) is 15.0. The molecule has 2 aliphatic rings. The van der Waals surface area contributed by atoms with Crippen molar-refractivity contribution in [3.8, 4) is 11.8 Å². The summed E-state index contributed by atoms with van der Waals surface area (Å²) in [7, 11) is 0. The summed E-state index contributed by atoms with van der Waals surface area (Å²) in [6.07, 6.45) is 3.79. The topological polar surface area (TPSA) is 126 Å². The highest BCUT2D eigenvalue weighted by molar-refractivity contribution is 7.16. The van der Waals surface area contributed by atoms with Crippen molar-refractivity contribution in [2.75, 3.05) is 23.4 Å². The molecule has 4 rings (SSSR count). The first-order chi connectivity index (χ1) is 14.0. The molecule has 1 N–H and O–H groups in total. The number of nitrogens with one attached hydrogen (secondary N) is 1. The van der Waals surface area contributed by atoms with Crippen LogP contribution in [-0.2, 0) is 22.4 Å². The van der Waals surface area contributed by atoms with E-state index in [1.54, 1.807) is 0 Å². The lowest BCUT2D eigenvalue weighted by Crippen LogP contribution is -2.43. The van der Waals surface area contributed by atoms with Crippen molar-refractivity contribution in [1.82, 2.24) is 0 Å². The molecular weight excluding hydrogens is 396 g/mol. The number of thiophene rings is 1. The summed E-state index contributed by atoms with van der Waals surface area (Å²) in [5.41, 5.74) is 1.46. The number of rotatable bonds is 4. The number of hydrogen-bond donors (Lipinski definition) is 1. The number of ether oxygens (including phenoxy) is 1. The molecule has 0 spiro atoms. The number of benzene rings is 1. The summed E-state index contributed by atoms with van der Waals surface area (Å²) in [4.78, 5) is 37.7. The van der Waals surface area contributed by atoms with Gasteiger partial charge in [0.25, 0.3) is 11.6 Å². The summed E-state index contributed by atoms with van der Waals surface area (Å²) in [6.45, 7) is -0.585. The minimum absolute atomic E-state index is 0.177. The Morgan fingerprint density at radius 3 is 2.93 bits per heavy atom. The number of aryl methyl sites for hydroxylation is 1. The second-order valence-corrected chi connectivity index (χ2v) is 7.86.